The quantitative estimate of drug-likeness (QED) is 0.171. The lowest BCUT2D eigenvalue weighted by atomic mass is 10.0. The molecule has 0 saturated carbocycles. The molecule has 0 radical (unpaired) electrons. The molecule has 222 valence electrons. The van der Waals surface area contributed by atoms with Crippen molar-refractivity contribution in [2.75, 3.05) is 0 Å². The average Bonchev–Trinajstić information content (AvgIpc) is 3.59. The van der Waals surface area contributed by atoms with E-state index >= 15 is 4.39 Å². The predicted molar refractivity (Wildman–Crippen MR) is 155 cm³/mol. The highest BCUT2D eigenvalue weighted by molar-refractivity contribution is 7.07. The van der Waals surface area contributed by atoms with Crippen molar-refractivity contribution in [1.82, 2.24) is 19.3 Å². The first-order valence-electron chi connectivity index (χ1n) is 13.3. The van der Waals surface area contributed by atoms with E-state index in [1.165, 1.54) is 46.6 Å². The molecule has 7 nitrogen and oxygen atoms in total. The Labute approximate surface area is 248 Å². The Bertz CT molecular complexity index is 1790. The highest BCUT2D eigenvalue weighted by atomic mass is 32.1. The Kier molecular flexibility index (Phi) is 8.58. The van der Waals surface area contributed by atoms with Gasteiger partial charge in [-0.3, -0.25) is 9.36 Å². The molecule has 2 aromatic heterocycles. The number of alkyl halides is 4. The molecule has 0 saturated heterocycles. The summed E-state index contributed by atoms with van der Waals surface area (Å²) in [5.74, 6) is -0.380. The van der Waals surface area contributed by atoms with Crippen LogP contribution >= 0.6 is 11.3 Å². The Morgan fingerprint density at radius 1 is 1.00 bits per heavy atom. The third kappa shape index (κ3) is 7.08. The molecular formula is C31H27F4N5O2S. The molecule has 0 aliphatic rings. The number of hydrogen-bond donors (Lipinski definition) is 0. The molecule has 43 heavy (non-hydrogen) atoms. The van der Waals surface area contributed by atoms with Crippen LogP contribution in [-0.2, 0) is 4.79 Å². The molecule has 0 aliphatic carbocycles. The van der Waals surface area contributed by atoms with Crippen LogP contribution in [0.15, 0.2) is 83.4 Å². The van der Waals surface area contributed by atoms with Crippen molar-refractivity contribution in [3.8, 4) is 28.5 Å². The number of amides is 1. The van der Waals surface area contributed by atoms with Gasteiger partial charge in [-0.25, -0.2) is 14.1 Å². The predicted octanol–water partition coefficient (Wildman–Crippen LogP) is 7.53. The molecule has 1 unspecified atom stereocenters. The maximum Gasteiger partial charge on any atom is 0.573 e. The van der Waals surface area contributed by atoms with Gasteiger partial charge in [0.1, 0.15) is 18.2 Å². The maximum absolute atomic E-state index is 15.1. The van der Waals surface area contributed by atoms with Crippen molar-refractivity contribution in [2.45, 2.75) is 46.1 Å². The van der Waals surface area contributed by atoms with Crippen LogP contribution in [0, 0.1) is 20.8 Å². The molecule has 5 rings (SSSR count). The number of aromatic nitrogens is 4. The molecule has 0 spiro atoms. The summed E-state index contributed by atoms with van der Waals surface area (Å²) < 4.78 is 59.5. The van der Waals surface area contributed by atoms with Crippen LogP contribution in [0.2, 0.25) is 0 Å². The number of nitrogens with zero attached hydrogens (tertiary/aromatic N) is 5. The normalized spacial score (nSPS) is 12.9. The van der Waals surface area contributed by atoms with Gasteiger partial charge in [0, 0.05) is 23.1 Å². The Morgan fingerprint density at radius 3 is 2.33 bits per heavy atom. The van der Waals surface area contributed by atoms with E-state index in [0.29, 0.717) is 27.4 Å². The highest BCUT2D eigenvalue weighted by Gasteiger charge is 2.31. The van der Waals surface area contributed by atoms with Crippen LogP contribution in [0.5, 0.6) is 5.75 Å². The fourth-order valence-electron chi connectivity index (χ4n) is 4.64. The van der Waals surface area contributed by atoms with Crippen molar-refractivity contribution < 1.29 is 27.1 Å². The molecule has 1 amide bonds. The van der Waals surface area contributed by atoms with E-state index < -0.39 is 18.4 Å². The van der Waals surface area contributed by atoms with Gasteiger partial charge in [0.25, 0.3) is 0 Å². The minimum atomic E-state index is -4.77. The van der Waals surface area contributed by atoms with E-state index in [0.717, 1.165) is 22.5 Å². The number of thiazole rings is 1. The van der Waals surface area contributed by atoms with Gasteiger partial charge in [-0.2, -0.15) is 4.99 Å². The van der Waals surface area contributed by atoms with Crippen molar-refractivity contribution in [3.05, 3.63) is 106 Å². The summed E-state index contributed by atoms with van der Waals surface area (Å²) in [5, 5.41) is 6.30. The molecule has 0 bridgehead atoms. The first-order chi connectivity index (χ1) is 20.5. The first kappa shape index (κ1) is 29.9. The minimum absolute atomic E-state index is 0.0175. The smallest absolute Gasteiger partial charge is 0.406 e. The number of benzene rings is 3. The van der Waals surface area contributed by atoms with E-state index in [1.54, 1.807) is 24.3 Å². The Hall–Kier alpha value is -4.58. The molecule has 3 aromatic carbocycles. The van der Waals surface area contributed by atoms with E-state index in [2.05, 4.69) is 19.8 Å². The standard InChI is InChI=1S/C31H27F4N5O2S/c1-19-5-4-6-20(2)28(19)40-21(3)17-43-30(40)37-27(41)16-15-26(32)22-7-9-23(10-8-22)29-36-18-39(38-29)24-11-13-25(14-12-24)42-31(33,34)35/h4-14,17-18,26H,15-16H2,1-3H3. The van der Waals surface area contributed by atoms with E-state index in [4.69, 9.17) is 0 Å². The van der Waals surface area contributed by atoms with Gasteiger partial charge in [-0.05, 0) is 68.1 Å². The average molecular weight is 610 g/mol. The molecule has 0 fully saturated rings. The monoisotopic (exact) mass is 609 g/mol. The summed E-state index contributed by atoms with van der Waals surface area (Å²) in [6.07, 6.45) is -4.78. The van der Waals surface area contributed by atoms with Crippen molar-refractivity contribution >= 4 is 17.2 Å². The molecule has 5 aromatic rings. The zero-order valence-corrected chi connectivity index (χ0v) is 24.3. The summed E-state index contributed by atoms with van der Waals surface area (Å²) in [6.45, 7) is 5.98. The molecular weight excluding hydrogens is 582 g/mol. The topological polar surface area (TPSA) is 74.3 Å². The largest absolute Gasteiger partial charge is 0.573 e. The molecule has 2 heterocycles. The van der Waals surface area contributed by atoms with Gasteiger partial charge in [0.15, 0.2) is 10.6 Å². The summed E-state index contributed by atoms with van der Waals surface area (Å²) in [6, 6.07) is 17.8. The second-order valence-electron chi connectivity index (χ2n) is 9.92. The van der Waals surface area contributed by atoms with Gasteiger partial charge in [0.2, 0.25) is 5.91 Å². The van der Waals surface area contributed by atoms with Gasteiger partial charge in [0.05, 0.1) is 11.4 Å². The fourth-order valence-corrected chi connectivity index (χ4v) is 5.52. The third-order valence-electron chi connectivity index (χ3n) is 6.73. The van der Waals surface area contributed by atoms with Crippen LogP contribution in [0.4, 0.5) is 17.6 Å². The Morgan fingerprint density at radius 2 is 1.67 bits per heavy atom. The number of carbonyl (C=O) groups is 1. The van der Waals surface area contributed by atoms with Crippen molar-refractivity contribution in [2.24, 2.45) is 4.99 Å². The van der Waals surface area contributed by atoms with Crippen LogP contribution in [0.25, 0.3) is 22.8 Å². The second kappa shape index (κ2) is 12.3. The van der Waals surface area contributed by atoms with Crippen LogP contribution in [0.3, 0.4) is 0 Å². The van der Waals surface area contributed by atoms with Crippen LogP contribution in [-0.4, -0.2) is 31.6 Å². The van der Waals surface area contributed by atoms with E-state index in [-0.39, 0.29) is 18.6 Å². The lowest BCUT2D eigenvalue weighted by Gasteiger charge is -2.13. The fraction of sp³-hybridized carbons (Fsp3) is 0.226. The van der Waals surface area contributed by atoms with Crippen LogP contribution in [0.1, 0.15) is 41.4 Å². The van der Waals surface area contributed by atoms with Gasteiger partial charge in [-0.1, -0.05) is 42.5 Å². The lowest BCUT2D eigenvalue weighted by molar-refractivity contribution is -0.274. The van der Waals surface area contributed by atoms with Crippen molar-refractivity contribution in [3.63, 3.8) is 0 Å². The number of aryl methyl sites for hydroxylation is 3. The Balaban J connectivity index is 1.22. The molecule has 0 aliphatic heterocycles. The highest BCUT2D eigenvalue weighted by Crippen LogP contribution is 2.27. The summed E-state index contributed by atoms with van der Waals surface area (Å²) in [4.78, 5) is 21.8. The number of carbonyl (C=O) groups excluding carboxylic acids is 1. The SMILES string of the molecule is Cc1cccc(C)c1-n1c(C)csc1=NC(=O)CCC(F)c1ccc(-c2ncn(-c3ccc(OC(F)(F)F)cc3)n2)cc1. The number of hydrogen-bond acceptors (Lipinski definition) is 5. The summed E-state index contributed by atoms with van der Waals surface area (Å²) in [5.41, 5.74) is 5.61. The molecule has 1 atom stereocenters. The number of para-hydroxylation sites is 1. The van der Waals surface area contributed by atoms with E-state index in [1.807, 2.05) is 48.9 Å². The van der Waals surface area contributed by atoms with E-state index in [9.17, 15) is 18.0 Å². The molecule has 12 heteroatoms. The number of rotatable bonds is 8. The van der Waals surface area contributed by atoms with Crippen molar-refractivity contribution in [1.29, 1.82) is 0 Å². The first-order valence-corrected chi connectivity index (χ1v) is 14.2. The summed E-state index contributed by atoms with van der Waals surface area (Å²) in [7, 11) is 0. The molecule has 0 N–H and O–H groups in total. The number of ether oxygens (including phenoxy) is 1. The van der Waals surface area contributed by atoms with Gasteiger partial charge >= 0.3 is 6.36 Å². The number of halogens is 4. The lowest BCUT2D eigenvalue weighted by Crippen LogP contribution is -2.18. The van der Waals surface area contributed by atoms with Gasteiger partial charge < -0.3 is 4.74 Å². The summed E-state index contributed by atoms with van der Waals surface area (Å²) >= 11 is 1.37. The van der Waals surface area contributed by atoms with Gasteiger partial charge in [-0.15, -0.1) is 29.6 Å². The minimum Gasteiger partial charge on any atom is -0.406 e. The zero-order valence-electron chi connectivity index (χ0n) is 23.5. The maximum atomic E-state index is 15.1. The van der Waals surface area contributed by atoms with Crippen LogP contribution < -0.4 is 9.54 Å². The third-order valence-corrected chi connectivity index (χ3v) is 7.67. The zero-order chi connectivity index (χ0) is 30.7. The second-order valence-corrected chi connectivity index (χ2v) is 10.8.